The molecule has 0 saturated heterocycles. The van der Waals surface area contributed by atoms with Gasteiger partial charge in [0.2, 0.25) is 5.91 Å². The molecule has 2 amide bonds. The highest BCUT2D eigenvalue weighted by atomic mass is 35.5. The average molecular weight is 456 g/mol. The van der Waals surface area contributed by atoms with Gasteiger partial charge in [0.1, 0.15) is 12.3 Å². The van der Waals surface area contributed by atoms with Crippen LogP contribution in [0.4, 0.5) is 0 Å². The molecule has 1 atom stereocenters. The Hall–Kier alpha value is -2.86. The van der Waals surface area contributed by atoms with Crippen molar-refractivity contribution in [1.82, 2.24) is 9.91 Å². The molecule has 0 aromatic heterocycles. The first-order valence-corrected chi connectivity index (χ1v) is 11.0. The van der Waals surface area contributed by atoms with E-state index in [1.165, 1.54) is 9.91 Å². The predicted molar refractivity (Wildman–Crippen MR) is 127 cm³/mol. The zero-order valence-electron chi connectivity index (χ0n) is 19.3. The number of carbonyl (C=O) groups excluding carboxylic acids is 2. The molecular weight excluding hydrogens is 426 g/mol. The number of methoxy groups -OCH3 is 1. The number of rotatable bonds is 6. The molecule has 1 heterocycles. The summed E-state index contributed by atoms with van der Waals surface area (Å²) in [5.74, 6) is 0.394. The van der Waals surface area contributed by atoms with Gasteiger partial charge < -0.3 is 9.64 Å². The highest BCUT2D eigenvalue weighted by molar-refractivity contribution is 6.31. The van der Waals surface area contributed by atoms with Crippen LogP contribution in [0.25, 0.3) is 0 Å². The van der Waals surface area contributed by atoms with Gasteiger partial charge in [-0.15, -0.1) is 0 Å². The lowest BCUT2D eigenvalue weighted by atomic mass is 9.92. The predicted octanol–water partition coefficient (Wildman–Crippen LogP) is 4.92. The summed E-state index contributed by atoms with van der Waals surface area (Å²) in [6.45, 7) is 5.95. The van der Waals surface area contributed by atoms with Crippen molar-refractivity contribution in [3.63, 3.8) is 0 Å². The fraction of sp³-hybridized carbons (Fsp3) is 0.400. The summed E-state index contributed by atoms with van der Waals surface area (Å²) < 4.78 is 5.34. The summed E-state index contributed by atoms with van der Waals surface area (Å²) in [5.41, 5.74) is 2.33. The van der Waals surface area contributed by atoms with Crippen LogP contribution in [-0.4, -0.2) is 48.1 Å². The van der Waals surface area contributed by atoms with E-state index in [-0.39, 0.29) is 29.8 Å². The number of hydrogen-bond donors (Lipinski definition) is 0. The molecule has 0 fully saturated rings. The van der Waals surface area contributed by atoms with Crippen molar-refractivity contribution in [2.45, 2.75) is 39.7 Å². The quantitative estimate of drug-likeness (QED) is 0.621. The maximum atomic E-state index is 13.3. The van der Waals surface area contributed by atoms with Gasteiger partial charge >= 0.3 is 0 Å². The van der Waals surface area contributed by atoms with Crippen molar-refractivity contribution in [1.29, 1.82) is 0 Å². The summed E-state index contributed by atoms with van der Waals surface area (Å²) in [7, 11) is 3.27. The van der Waals surface area contributed by atoms with Gasteiger partial charge in [-0.2, -0.15) is 5.10 Å². The standard InChI is InChI=1S/C25H30ClN3O3/c1-25(2,3)15-23(30)28(4)16-24(31)29-22(19-11-6-7-12-20(19)26)14-21(27-29)17-9-8-10-18(13-17)32-5/h6-13,22H,14-16H2,1-5H3/t22-/m0/s1. The van der Waals surface area contributed by atoms with Gasteiger partial charge in [0.15, 0.2) is 0 Å². The van der Waals surface area contributed by atoms with Gasteiger partial charge in [0, 0.05) is 30.5 Å². The molecule has 170 valence electrons. The number of hydrogen-bond acceptors (Lipinski definition) is 4. The van der Waals surface area contributed by atoms with E-state index in [2.05, 4.69) is 5.10 Å². The Kier molecular flexibility index (Phi) is 7.24. The second-order valence-electron chi connectivity index (χ2n) is 9.25. The van der Waals surface area contributed by atoms with Gasteiger partial charge in [-0.05, 0) is 29.2 Å². The number of halogens is 1. The molecule has 0 aliphatic carbocycles. The highest BCUT2D eigenvalue weighted by Gasteiger charge is 2.35. The number of nitrogens with zero attached hydrogens (tertiary/aromatic N) is 3. The third kappa shape index (κ3) is 5.68. The van der Waals surface area contributed by atoms with Crippen molar-refractivity contribution >= 4 is 29.1 Å². The molecule has 2 aromatic rings. The third-order valence-corrected chi connectivity index (χ3v) is 5.66. The Morgan fingerprint density at radius 1 is 1.19 bits per heavy atom. The fourth-order valence-corrected chi connectivity index (χ4v) is 3.92. The molecule has 32 heavy (non-hydrogen) atoms. The number of likely N-dealkylation sites (N-methyl/N-ethyl adjacent to an activating group) is 1. The molecule has 6 nitrogen and oxygen atoms in total. The van der Waals surface area contributed by atoms with Gasteiger partial charge in [0.25, 0.3) is 5.91 Å². The van der Waals surface area contributed by atoms with E-state index in [1.54, 1.807) is 14.2 Å². The molecule has 1 aliphatic heterocycles. The van der Waals surface area contributed by atoms with E-state index in [1.807, 2.05) is 69.3 Å². The maximum absolute atomic E-state index is 13.3. The molecule has 0 unspecified atom stereocenters. The van der Waals surface area contributed by atoms with Crippen LogP contribution in [-0.2, 0) is 9.59 Å². The second kappa shape index (κ2) is 9.74. The topological polar surface area (TPSA) is 62.2 Å². The van der Waals surface area contributed by atoms with Gasteiger partial charge in [-0.25, -0.2) is 5.01 Å². The smallest absolute Gasteiger partial charge is 0.262 e. The minimum Gasteiger partial charge on any atom is -0.497 e. The number of carbonyl (C=O) groups is 2. The lowest BCUT2D eigenvalue weighted by molar-refractivity contribution is -0.141. The summed E-state index contributed by atoms with van der Waals surface area (Å²) >= 11 is 6.47. The number of hydrazone groups is 1. The van der Waals surface area contributed by atoms with Crippen LogP contribution in [0.15, 0.2) is 53.6 Å². The minimum absolute atomic E-state index is 0.0508. The molecule has 0 bridgehead atoms. The fourth-order valence-electron chi connectivity index (χ4n) is 3.66. The van der Waals surface area contributed by atoms with Crippen molar-refractivity contribution in [2.24, 2.45) is 10.5 Å². The van der Waals surface area contributed by atoms with Crippen LogP contribution >= 0.6 is 11.6 Å². The number of benzene rings is 2. The minimum atomic E-state index is -0.344. The Bertz CT molecular complexity index is 1030. The van der Waals surface area contributed by atoms with Gasteiger partial charge in [-0.1, -0.05) is 62.7 Å². The Morgan fingerprint density at radius 2 is 1.91 bits per heavy atom. The zero-order valence-corrected chi connectivity index (χ0v) is 20.0. The van der Waals surface area contributed by atoms with Gasteiger partial charge in [-0.3, -0.25) is 9.59 Å². The van der Waals surface area contributed by atoms with E-state index >= 15 is 0 Å². The van der Waals surface area contributed by atoms with E-state index in [4.69, 9.17) is 16.3 Å². The van der Waals surface area contributed by atoms with Gasteiger partial charge in [0.05, 0.1) is 18.9 Å². The van der Waals surface area contributed by atoms with Crippen molar-refractivity contribution < 1.29 is 14.3 Å². The lowest BCUT2D eigenvalue weighted by Crippen LogP contribution is -2.40. The van der Waals surface area contributed by atoms with Crippen molar-refractivity contribution in [3.05, 3.63) is 64.7 Å². The monoisotopic (exact) mass is 455 g/mol. The molecule has 0 saturated carbocycles. The first kappa shape index (κ1) is 23.8. The summed E-state index contributed by atoms with van der Waals surface area (Å²) in [6, 6.07) is 14.7. The molecule has 3 rings (SSSR count). The van der Waals surface area contributed by atoms with E-state index in [0.29, 0.717) is 17.9 Å². The maximum Gasteiger partial charge on any atom is 0.262 e. The van der Waals surface area contributed by atoms with Crippen molar-refractivity contribution in [3.8, 4) is 5.75 Å². The third-order valence-electron chi connectivity index (χ3n) is 5.31. The van der Waals surface area contributed by atoms with Crippen LogP contribution in [0, 0.1) is 5.41 Å². The van der Waals surface area contributed by atoms with Crippen LogP contribution < -0.4 is 4.74 Å². The van der Waals surface area contributed by atoms with E-state index in [9.17, 15) is 9.59 Å². The normalized spacial score (nSPS) is 16.0. The van der Waals surface area contributed by atoms with E-state index < -0.39 is 0 Å². The van der Waals surface area contributed by atoms with Crippen LogP contribution in [0.2, 0.25) is 5.02 Å². The summed E-state index contributed by atoms with van der Waals surface area (Å²) in [5, 5.41) is 6.72. The summed E-state index contributed by atoms with van der Waals surface area (Å²) in [4.78, 5) is 27.3. The second-order valence-corrected chi connectivity index (χ2v) is 9.65. The number of ether oxygens (including phenoxy) is 1. The van der Waals surface area contributed by atoms with Crippen LogP contribution in [0.5, 0.6) is 5.75 Å². The molecule has 0 spiro atoms. The Morgan fingerprint density at radius 3 is 2.56 bits per heavy atom. The molecule has 0 N–H and O–H groups in total. The van der Waals surface area contributed by atoms with Crippen molar-refractivity contribution in [2.75, 3.05) is 20.7 Å². The molecule has 0 radical (unpaired) electrons. The Labute approximate surface area is 194 Å². The van der Waals surface area contributed by atoms with Crippen LogP contribution in [0.3, 0.4) is 0 Å². The molecule has 1 aliphatic rings. The summed E-state index contributed by atoms with van der Waals surface area (Å²) in [6.07, 6.45) is 0.880. The first-order chi connectivity index (χ1) is 15.1. The van der Waals surface area contributed by atoms with E-state index in [0.717, 1.165) is 22.6 Å². The average Bonchev–Trinajstić information content (AvgIpc) is 3.18. The lowest BCUT2D eigenvalue weighted by Gasteiger charge is -2.27. The first-order valence-electron chi connectivity index (χ1n) is 10.6. The SMILES string of the molecule is COc1cccc(C2=NN(C(=O)CN(C)C(=O)CC(C)(C)C)[C@H](c3ccccc3Cl)C2)c1. The molecular formula is C25H30ClN3O3. The molecule has 2 aromatic carbocycles. The van der Waals surface area contributed by atoms with Crippen LogP contribution in [0.1, 0.15) is 50.8 Å². The molecule has 7 heteroatoms. The largest absolute Gasteiger partial charge is 0.497 e. The highest BCUT2D eigenvalue weighted by Crippen LogP contribution is 2.36. The number of amides is 2. The zero-order chi connectivity index (χ0) is 23.5. The Balaban J connectivity index is 1.89.